The van der Waals surface area contributed by atoms with Gasteiger partial charge in [-0.3, -0.25) is 4.79 Å². The molecule has 2 heterocycles. The Morgan fingerprint density at radius 3 is 2.95 bits per heavy atom. The number of benzene rings is 1. The second kappa shape index (κ2) is 6.39. The predicted octanol–water partition coefficient (Wildman–Crippen LogP) is 4.39. The predicted molar refractivity (Wildman–Crippen MR) is 92.7 cm³/mol. The van der Waals surface area contributed by atoms with Crippen LogP contribution >= 0.6 is 39.0 Å². The van der Waals surface area contributed by atoms with E-state index in [2.05, 4.69) is 31.2 Å². The van der Waals surface area contributed by atoms with E-state index in [1.54, 1.807) is 0 Å². The Labute approximate surface area is 143 Å². The molecule has 0 radical (unpaired) electrons. The third-order valence-corrected chi connectivity index (χ3v) is 5.19. The molecule has 0 aliphatic heterocycles. The highest BCUT2D eigenvalue weighted by atomic mass is 79.9. The van der Waals surface area contributed by atoms with Crippen LogP contribution in [0.15, 0.2) is 32.3 Å². The molecule has 1 amide bonds. The van der Waals surface area contributed by atoms with E-state index in [0.29, 0.717) is 10.4 Å². The molecule has 1 N–H and O–H groups in total. The summed E-state index contributed by atoms with van der Waals surface area (Å²) in [5.74, 6) is 0.884. The second-order valence-electron chi connectivity index (χ2n) is 4.59. The highest BCUT2D eigenvalue weighted by molar-refractivity contribution is 9.10. The number of nitrogens with one attached hydrogen (secondary N) is 1. The highest BCUT2D eigenvalue weighted by Gasteiger charge is 2.11. The Kier molecular flexibility index (Phi) is 4.51. The van der Waals surface area contributed by atoms with Crippen LogP contribution in [0.4, 0.5) is 5.13 Å². The Balaban J connectivity index is 1.62. The van der Waals surface area contributed by atoms with Crippen molar-refractivity contribution in [3.05, 3.63) is 34.1 Å². The fraction of sp³-hybridized carbons (Fsp3) is 0.214. The minimum Gasteiger partial charge on any atom is -0.437 e. The minimum atomic E-state index is -0.128. The zero-order valence-electron chi connectivity index (χ0n) is 11.8. The summed E-state index contributed by atoms with van der Waals surface area (Å²) >= 11 is 6.14. The smallest absolute Gasteiger partial charge is 0.256 e. The van der Waals surface area contributed by atoms with Crippen molar-refractivity contribution in [2.24, 2.45) is 0 Å². The average Bonchev–Trinajstić information content (AvgIpc) is 2.99. The number of hydrogen-bond donors (Lipinski definition) is 1. The molecule has 0 spiro atoms. The molecule has 0 saturated heterocycles. The van der Waals surface area contributed by atoms with Crippen molar-refractivity contribution in [1.29, 1.82) is 0 Å². The van der Waals surface area contributed by atoms with Crippen LogP contribution < -0.4 is 5.32 Å². The second-order valence-corrected chi connectivity index (χ2v) is 7.46. The topological polar surface area (TPSA) is 68.0 Å². The van der Waals surface area contributed by atoms with E-state index >= 15 is 0 Å². The number of oxazole rings is 1. The van der Waals surface area contributed by atoms with Crippen molar-refractivity contribution >= 4 is 60.3 Å². The third-order valence-electron chi connectivity index (χ3n) is 2.93. The van der Waals surface area contributed by atoms with Crippen LogP contribution in [-0.2, 0) is 4.79 Å². The first-order chi connectivity index (χ1) is 10.5. The van der Waals surface area contributed by atoms with E-state index in [-0.39, 0.29) is 11.7 Å². The van der Waals surface area contributed by atoms with Gasteiger partial charge in [0.25, 0.3) is 5.22 Å². The van der Waals surface area contributed by atoms with Crippen LogP contribution in [0.5, 0.6) is 0 Å². The number of thioether (sulfide) groups is 1. The van der Waals surface area contributed by atoms with Gasteiger partial charge in [-0.1, -0.05) is 39.0 Å². The Morgan fingerprint density at radius 1 is 1.41 bits per heavy atom. The third kappa shape index (κ3) is 3.50. The molecule has 2 aromatic heterocycles. The fourth-order valence-corrected chi connectivity index (χ4v) is 3.89. The molecule has 3 aromatic rings. The molecular formula is C14H12BrN3O2S2. The normalized spacial score (nSPS) is 11.0. The molecule has 0 aliphatic carbocycles. The molecule has 0 unspecified atom stereocenters. The van der Waals surface area contributed by atoms with E-state index in [9.17, 15) is 4.79 Å². The number of carbonyl (C=O) groups excluding carboxylic acids is 1. The van der Waals surface area contributed by atoms with Gasteiger partial charge in [-0.25, -0.2) is 9.97 Å². The van der Waals surface area contributed by atoms with E-state index < -0.39 is 0 Å². The van der Waals surface area contributed by atoms with Gasteiger partial charge in [-0.2, -0.15) is 0 Å². The summed E-state index contributed by atoms with van der Waals surface area (Å²) in [5.41, 5.74) is 1.72. The number of halogens is 1. The Bertz CT molecular complexity index is 824. The molecular weight excluding hydrogens is 386 g/mol. The van der Waals surface area contributed by atoms with Gasteiger partial charge in [0.2, 0.25) is 5.91 Å². The van der Waals surface area contributed by atoms with Gasteiger partial charge in [0, 0.05) is 4.47 Å². The van der Waals surface area contributed by atoms with Crippen molar-refractivity contribution in [3.63, 3.8) is 0 Å². The summed E-state index contributed by atoms with van der Waals surface area (Å²) in [4.78, 5) is 20.6. The number of aromatic nitrogens is 2. The maximum atomic E-state index is 12.0. The first-order valence-corrected chi connectivity index (χ1v) is 9.03. The molecule has 3 rings (SSSR count). The van der Waals surface area contributed by atoms with Gasteiger partial charge >= 0.3 is 0 Å². The summed E-state index contributed by atoms with van der Waals surface area (Å²) in [5, 5.41) is 3.91. The molecule has 0 saturated carbocycles. The van der Waals surface area contributed by atoms with Crippen LogP contribution in [0, 0.1) is 13.8 Å². The van der Waals surface area contributed by atoms with Gasteiger partial charge in [-0.15, -0.1) is 0 Å². The summed E-state index contributed by atoms with van der Waals surface area (Å²) < 4.78 is 7.45. The molecule has 0 aliphatic rings. The molecule has 8 heteroatoms. The molecule has 22 heavy (non-hydrogen) atoms. The van der Waals surface area contributed by atoms with Gasteiger partial charge in [0.05, 0.1) is 21.7 Å². The standard InChI is InChI=1S/C14H12BrN3O2S2/c1-7-8(2)20-14(16-7)21-6-12(19)18-13-17-10-4-3-9(15)5-11(10)22-13/h3-5H,6H2,1-2H3,(H,17,18,19). The van der Waals surface area contributed by atoms with E-state index in [4.69, 9.17) is 4.42 Å². The number of thiazole rings is 1. The molecule has 1 aromatic carbocycles. The summed E-state index contributed by atoms with van der Waals surface area (Å²) in [7, 11) is 0. The summed E-state index contributed by atoms with van der Waals surface area (Å²) in [6.07, 6.45) is 0. The maximum Gasteiger partial charge on any atom is 0.256 e. The van der Waals surface area contributed by atoms with Crippen molar-refractivity contribution in [2.45, 2.75) is 19.1 Å². The number of amides is 1. The molecule has 5 nitrogen and oxygen atoms in total. The van der Waals surface area contributed by atoms with E-state index in [1.807, 2.05) is 32.0 Å². The van der Waals surface area contributed by atoms with Crippen LogP contribution in [0.25, 0.3) is 10.2 Å². The Morgan fingerprint density at radius 2 is 2.23 bits per heavy atom. The SMILES string of the molecule is Cc1nc(SCC(=O)Nc2nc3ccc(Br)cc3s2)oc1C. The highest BCUT2D eigenvalue weighted by Crippen LogP contribution is 2.28. The van der Waals surface area contributed by atoms with Crippen molar-refractivity contribution in [1.82, 2.24) is 9.97 Å². The van der Waals surface area contributed by atoms with E-state index in [0.717, 1.165) is 26.1 Å². The van der Waals surface area contributed by atoms with E-state index in [1.165, 1.54) is 23.1 Å². The lowest BCUT2D eigenvalue weighted by Crippen LogP contribution is -2.13. The van der Waals surface area contributed by atoms with Gasteiger partial charge < -0.3 is 9.73 Å². The largest absolute Gasteiger partial charge is 0.437 e. The monoisotopic (exact) mass is 397 g/mol. The summed E-state index contributed by atoms with van der Waals surface area (Å²) in [6, 6.07) is 5.82. The van der Waals surface area contributed by atoms with Crippen molar-refractivity contribution in [2.75, 3.05) is 11.1 Å². The zero-order valence-corrected chi connectivity index (χ0v) is 15.1. The lowest BCUT2D eigenvalue weighted by Gasteiger charge is -1.98. The molecule has 114 valence electrons. The van der Waals surface area contributed by atoms with Crippen LogP contribution in [0.2, 0.25) is 0 Å². The Hall–Kier alpha value is -1.38. The number of carbonyl (C=O) groups is 1. The maximum absolute atomic E-state index is 12.0. The quantitative estimate of drug-likeness (QED) is 0.660. The fourth-order valence-electron chi connectivity index (χ4n) is 1.74. The van der Waals surface area contributed by atoms with Gasteiger partial charge in [0.15, 0.2) is 5.13 Å². The number of nitrogens with zero attached hydrogens (tertiary/aromatic N) is 2. The first kappa shape index (κ1) is 15.5. The molecule has 0 fully saturated rings. The number of aryl methyl sites for hydroxylation is 2. The molecule has 0 bridgehead atoms. The van der Waals surface area contributed by atoms with Gasteiger partial charge in [0.1, 0.15) is 5.76 Å². The molecule has 0 atom stereocenters. The van der Waals surface area contributed by atoms with Crippen LogP contribution in [0.3, 0.4) is 0 Å². The van der Waals surface area contributed by atoms with Crippen LogP contribution in [-0.4, -0.2) is 21.6 Å². The lowest BCUT2D eigenvalue weighted by atomic mass is 10.3. The number of anilines is 1. The first-order valence-electron chi connectivity index (χ1n) is 6.44. The average molecular weight is 398 g/mol. The number of hydrogen-bond acceptors (Lipinski definition) is 6. The van der Waals surface area contributed by atoms with Crippen LogP contribution in [0.1, 0.15) is 11.5 Å². The minimum absolute atomic E-state index is 0.128. The van der Waals surface area contributed by atoms with Gasteiger partial charge in [-0.05, 0) is 32.0 Å². The van der Waals surface area contributed by atoms with Crippen molar-refractivity contribution < 1.29 is 9.21 Å². The zero-order chi connectivity index (χ0) is 15.7. The number of rotatable bonds is 4. The summed E-state index contributed by atoms with van der Waals surface area (Å²) in [6.45, 7) is 3.73. The van der Waals surface area contributed by atoms with Crippen molar-refractivity contribution in [3.8, 4) is 0 Å². The number of fused-ring (bicyclic) bond motifs is 1. The lowest BCUT2D eigenvalue weighted by molar-refractivity contribution is -0.113.